The smallest absolute Gasteiger partial charge is 0.322 e. The lowest BCUT2D eigenvalue weighted by atomic mass is 10.1. The van der Waals surface area contributed by atoms with Gasteiger partial charge in [0.15, 0.2) is 0 Å². The molecule has 5 rings (SSSR count). The molecule has 2 amide bonds. The van der Waals surface area contributed by atoms with Crippen LogP contribution in [-0.2, 0) is 13.0 Å². The molecule has 1 fully saturated rings. The van der Waals surface area contributed by atoms with Crippen molar-refractivity contribution < 1.29 is 14.3 Å². The summed E-state index contributed by atoms with van der Waals surface area (Å²) in [6.07, 6.45) is 0.634. The normalized spacial score (nSPS) is 15.9. The number of methoxy groups -OCH3 is 1. The molecule has 2 aliphatic rings. The number of rotatable bonds is 5. The largest absolute Gasteiger partial charge is 0.497 e. The topological polar surface area (TPSA) is 83.1 Å². The van der Waals surface area contributed by atoms with Gasteiger partial charge in [-0.25, -0.2) is 9.78 Å². The van der Waals surface area contributed by atoms with Crippen molar-refractivity contribution in [3.63, 3.8) is 0 Å². The van der Waals surface area contributed by atoms with Gasteiger partial charge in [0.05, 0.1) is 24.9 Å². The second-order valence-electron chi connectivity index (χ2n) is 8.79. The van der Waals surface area contributed by atoms with Gasteiger partial charge in [-0.1, -0.05) is 24.3 Å². The summed E-state index contributed by atoms with van der Waals surface area (Å²) in [4.78, 5) is 29.0. The number of anilines is 2. The number of carbonyl (C=O) groups excluding carboxylic acids is 1. The first-order valence-corrected chi connectivity index (χ1v) is 11.9. The van der Waals surface area contributed by atoms with E-state index in [2.05, 4.69) is 22.2 Å². The zero-order chi connectivity index (χ0) is 24.2. The molecule has 0 atom stereocenters. The second-order valence-corrected chi connectivity index (χ2v) is 8.79. The number of ether oxygens (including phenoxy) is 2. The number of amides is 2. The molecule has 0 saturated carbocycles. The fourth-order valence-corrected chi connectivity index (χ4v) is 4.28. The number of benzene rings is 2. The van der Waals surface area contributed by atoms with Gasteiger partial charge in [0.2, 0.25) is 11.8 Å². The molecular formula is C26H30N6O3. The van der Waals surface area contributed by atoms with Crippen molar-refractivity contribution in [1.29, 1.82) is 0 Å². The van der Waals surface area contributed by atoms with Crippen molar-refractivity contribution in [3.8, 4) is 17.4 Å². The van der Waals surface area contributed by atoms with E-state index in [9.17, 15) is 4.79 Å². The van der Waals surface area contributed by atoms with Crippen molar-refractivity contribution in [3.05, 3.63) is 65.9 Å². The predicted molar refractivity (Wildman–Crippen MR) is 134 cm³/mol. The van der Waals surface area contributed by atoms with Gasteiger partial charge < -0.3 is 29.5 Å². The van der Waals surface area contributed by atoms with Crippen molar-refractivity contribution in [2.24, 2.45) is 0 Å². The molecule has 9 heteroatoms. The quantitative estimate of drug-likeness (QED) is 0.605. The van der Waals surface area contributed by atoms with E-state index in [1.165, 1.54) is 0 Å². The van der Waals surface area contributed by atoms with Crippen LogP contribution in [0.25, 0.3) is 0 Å². The van der Waals surface area contributed by atoms with Crippen LogP contribution in [0.4, 0.5) is 16.4 Å². The summed E-state index contributed by atoms with van der Waals surface area (Å²) < 4.78 is 11.6. The van der Waals surface area contributed by atoms with Crippen LogP contribution in [-0.4, -0.2) is 72.7 Å². The molecule has 2 aliphatic heterocycles. The third-order valence-corrected chi connectivity index (χ3v) is 6.36. The Morgan fingerprint density at radius 2 is 1.71 bits per heavy atom. The van der Waals surface area contributed by atoms with Gasteiger partial charge in [0.1, 0.15) is 11.5 Å². The summed E-state index contributed by atoms with van der Waals surface area (Å²) in [5, 5.41) is 2.97. The van der Waals surface area contributed by atoms with Gasteiger partial charge in [-0.05, 0) is 31.3 Å². The first-order valence-electron chi connectivity index (χ1n) is 11.9. The third-order valence-electron chi connectivity index (χ3n) is 6.36. The number of nitrogens with one attached hydrogen (secondary N) is 1. The Labute approximate surface area is 205 Å². The summed E-state index contributed by atoms with van der Waals surface area (Å²) in [5.74, 6) is 2.49. The Balaban J connectivity index is 1.43. The molecule has 3 aromatic rings. The molecule has 1 N–H and O–H groups in total. The summed E-state index contributed by atoms with van der Waals surface area (Å²) >= 11 is 0. The minimum absolute atomic E-state index is 0.155. The molecule has 2 aromatic carbocycles. The highest BCUT2D eigenvalue weighted by Crippen LogP contribution is 2.33. The zero-order valence-electron chi connectivity index (χ0n) is 20.1. The monoisotopic (exact) mass is 474 g/mol. The average Bonchev–Trinajstić information content (AvgIpc) is 2.89. The lowest BCUT2D eigenvalue weighted by Crippen LogP contribution is -2.45. The average molecular weight is 475 g/mol. The van der Waals surface area contributed by atoms with Gasteiger partial charge in [-0.15, -0.1) is 0 Å². The molecule has 0 spiro atoms. The minimum Gasteiger partial charge on any atom is -0.497 e. The number of aromatic nitrogens is 2. The highest BCUT2D eigenvalue weighted by atomic mass is 16.5. The molecular weight excluding hydrogens is 444 g/mol. The second kappa shape index (κ2) is 10.2. The lowest BCUT2D eigenvalue weighted by Gasteiger charge is -2.34. The predicted octanol–water partition coefficient (Wildman–Crippen LogP) is 3.62. The fourth-order valence-electron chi connectivity index (χ4n) is 4.28. The van der Waals surface area contributed by atoms with Crippen LogP contribution in [0, 0.1) is 0 Å². The SMILES string of the molecule is COc1cccc(Oc2nc(N3CCN(C)CC3)nc3c2CN(C(=O)Nc2ccccc2)CC3)c1. The standard InChI is InChI=1S/C26H30N6O3/c1-30-13-15-31(16-14-30)25-28-23-11-12-32(26(33)27-19-7-4-3-5-8-19)18-22(23)24(29-25)35-21-10-6-9-20(17-21)34-2/h3-10,17H,11-16,18H2,1-2H3,(H,27,33). The van der Waals surface area contributed by atoms with Crippen LogP contribution >= 0.6 is 0 Å². The minimum atomic E-state index is -0.155. The maximum atomic E-state index is 13.0. The summed E-state index contributed by atoms with van der Waals surface area (Å²) in [6.45, 7) is 4.58. The summed E-state index contributed by atoms with van der Waals surface area (Å²) in [7, 11) is 3.75. The van der Waals surface area contributed by atoms with Gasteiger partial charge in [-0.2, -0.15) is 4.98 Å². The van der Waals surface area contributed by atoms with Crippen molar-refractivity contribution in [1.82, 2.24) is 19.8 Å². The van der Waals surface area contributed by atoms with Gasteiger partial charge in [0, 0.05) is 50.9 Å². The molecule has 0 aliphatic carbocycles. The van der Waals surface area contributed by atoms with Gasteiger partial charge in [0.25, 0.3) is 0 Å². The van der Waals surface area contributed by atoms with E-state index in [0.717, 1.165) is 43.1 Å². The Morgan fingerprint density at radius 3 is 2.49 bits per heavy atom. The molecule has 1 saturated heterocycles. The zero-order valence-corrected chi connectivity index (χ0v) is 20.1. The van der Waals surface area contributed by atoms with Crippen LogP contribution in [0.1, 0.15) is 11.3 Å². The molecule has 1 aromatic heterocycles. The molecule has 0 bridgehead atoms. The van der Waals surface area contributed by atoms with Crippen LogP contribution < -0.4 is 19.7 Å². The molecule has 0 unspecified atom stereocenters. The molecule has 182 valence electrons. The van der Waals surface area contributed by atoms with E-state index >= 15 is 0 Å². The number of para-hydroxylation sites is 1. The van der Waals surface area contributed by atoms with Crippen molar-refractivity contribution in [2.45, 2.75) is 13.0 Å². The molecule has 3 heterocycles. The number of piperazine rings is 1. The van der Waals surface area contributed by atoms with Gasteiger partial charge >= 0.3 is 6.03 Å². The number of hydrogen-bond acceptors (Lipinski definition) is 7. The summed E-state index contributed by atoms with van der Waals surface area (Å²) in [5.41, 5.74) is 2.52. The maximum Gasteiger partial charge on any atom is 0.322 e. The number of fused-ring (bicyclic) bond motifs is 1. The van der Waals surface area contributed by atoms with E-state index in [1.54, 1.807) is 12.0 Å². The molecule has 0 radical (unpaired) electrons. The highest BCUT2D eigenvalue weighted by Gasteiger charge is 2.28. The summed E-state index contributed by atoms with van der Waals surface area (Å²) in [6, 6.07) is 16.8. The first-order chi connectivity index (χ1) is 17.1. The van der Waals surface area contributed by atoms with Crippen LogP contribution in [0.15, 0.2) is 54.6 Å². The van der Waals surface area contributed by atoms with E-state index in [-0.39, 0.29) is 6.03 Å². The molecule has 35 heavy (non-hydrogen) atoms. The molecule has 9 nitrogen and oxygen atoms in total. The lowest BCUT2D eigenvalue weighted by molar-refractivity contribution is 0.205. The van der Waals surface area contributed by atoms with E-state index in [1.807, 2.05) is 54.6 Å². The van der Waals surface area contributed by atoms with E-state index in [4.69, 9.17) is 19.4 Å². The Morgan fingerprint density at radius 1 is 0.943 bits per heavy atom. The third kappa shape index (κ3) is 5.30. The van der Waals surface area contributed by atoms with E-state index in [0.29, 0.717) is 42.8 Å². The highest BCUT2D eigenvalue weighted by molar-refractivity contribution is 5.89. The van der Waals surface area contributed by atoms with Crippen molar-refractivity contribution in [2.75, 3.05) is 57.1 Å². The van der Waals surface area contributed by atoms with E-state index < -0.39 is 0 Å². The van der Waals surface area contributed by atoms with Crippen LogP contribution in [0.2, 0.25) is 0 Å². The van der Waals surface area contributed by atoms with Gasteiger partial charge in [-0.3, -0.25) is 0 Å². The number of nitrogens with zero attached hydrogens (tertiary/aromatic N) is 5. The van der Waals surface area contributed by atoms with Crippen LogP contribution in [0.5, 0.6) is 17.4 Å². The number of hydrogen-bond donors (Lipinski definition) is 1. The maximum absolute atomic E-state index is 13.0. The number of urea groups is 1. The van der Waals surface area contributed by atoms with Crippen LogP contribution in [0.3, 0.4) is 0 Å². The first kappa shape index (κ1) is 22.9. The number of likely N-dealkylation sites (N-methyl/N-ethyl adjacent to an activating group) is 1. The number of carbonyl (C=O) groups is 1. The Hall–Kier alpha value is -3.85. The van der Waals surface area contributed by atoms with Crippen molar-refractivity contribution >= 4 is 17.7 Å². The Bertz CT molecular complexity index is 1180. The Kier molecular flexibility index (Phi) is 6.67. The fraction of sp³-hybridized carbons (Fsp3) is 0.346.